The summed E-state index contributed by atoms with van der Waals surface area (Å²) in [7, 11) is 0. The Labute approximate surface area is 191 Å². The summed E-state index contributed by atoms with van der Waals surface area (Å²) in [6, 6.07) is 4.99. The molecule has 1 atom stereocenters. The van der Waals surface area contributed by atoms with Crippen molar-refractivity contribution < 1.29 is 9.53 Å². The van der Waals surface area contributed by atoms with Crippen molar-refractivity contribution >= 4 is 45.6 Å². The van der Waals surface area contributed by atoms with Crippen molar-refractivity contribution in [3.8, 4) is 5.75 Å². The van der Waals surface area contributed by atoms with Crippen molar-refractivity contribution in [1.82, 2.24) is 15.1 Å². The van der Waals surface area contributed by atoms with Gasteiger partial charge in [0.2, 0.25) is 5.13 Å². The van der Waals surface area contributed by atoms with Crippen LogP contribution >= 0.6 is 34.5 Å². The number of carbonyl (C=O) groups is 1. The van der Waals surface area contributed by atoms with Gasteiger partial charge in [0.1, 0.15) is 10.8 Å². The van der Waals surface area contributed by atoms with Crippen molar-refractivity contribution in [3.05, 3.63) is 33.3 Å². The highest BCUT2D eigenvalue weighted by molar-refractivity contribution is 7.15. The molecule has 2 aromatic rings. The first-order valence-corrected chi connectivity index (χ1v) is 12.1. The Balaban J connectivity index is 1.30. The summed E-state index contributed by atoms with van der Waals surface area (Å²) < 4.78 is 5.78. The van der Waals surface area contributed by atoms with E-state index in [0.717, 1.165) is 18.2 Å². The summed E-state index contributed by atoms with van der Waals surface area (Å²) >= 11 is 13.8. The van der Waals surface area contributed by atoms with Gasteiger partial charge in [0.25, 0.3) is 5.91 Å². The normalized spacial score (nSPS) is 19.0. The molecule has 1 saturated carbocycles. The number of nitrogens with zero attached hydrogens (tertiary/aromatic N) is 4. The van der Waals surface area contributed by atoms with E-state index in [1.165, 1.54) is 37.1 Å². The standard InChI is InChI=1S/C21H26Cl2N4O2S/c1-14(29-18-8-7-16(22)13-17(18)23)20(28)26-9-11-27(12-10-26)21-25-24-19(30-21)15-5-3-2-4-6-15/h7-8,13-15H,2-6,9-12H2,1H3. The molecule has 1 saturated heterocycles. The van der Waals surface area contributed by atoms with Crippen LogP contribution in [0.4, 0.5) is 5.13 Å². The molecule has 1 aromatic heterocycles. The summed E-state index contributed by atoms with van der Waals surface area (Å²) in [6.07, 6.45) is 5.77. The number of anilines is 1. The van der Waals surface area contributed by atoms with Gasteiger partial charge in [-0.2, -0.15) is 0 Å². The molecule has 6 nitrogen and oxygen atoms in total. The highest BCUT2D eigenvalue weighted by Crippen LogP contribution is 2.36. The van der Waals surface area contributed by atoms with E-state index in [9.17, 15) is 4.79 Å². The SMILES string of the molecule is CC(Oc1ccc(Cl)cc1Cl)C(=O)N1CCN(c2nnc(C3CCCCC3)s2)CC1. The number of carbonyl (C=O) groups excluding carboxylic acids is 1. The van der Waals surface area contributed by atoms with Crippen molar-refractivity contribution in [2.45, 2.75) is 51.0 Å². The lowest BCUT2D eigenvalue weighted by molar-refractivity contribution is -0.138. The summed E-state index contributed by atoms with van der Waals surface area (Å²) in [5.41, 5.74) is 0. The molecule has 1 aliphatic carbocycles. The molecule has 2 heterocycles. The largest absolute Gasteiger partial charge is 0.479 e. The molecule has 0 radical (unpaired) electrons. The molecular weight excluding hydrogens is 443 g/mol. The number of hydrogen-bond donors (Lipinski definition) is 0. The smallest absolute Gasteiger partial charge is 0.263 e. The molecule has 4 rings (SSSR count). The van der Waals surface area contributed by atoms with Gasteiger partial charge < -0.3 is 14.5 Å². The minimum atomic E-state index is -0.616. The van der Waals surface area contributed by atoms with E-state index in [2.05, 4.69) is 15.1 Å². The summed E-state index contributed by atoms with van der Waals surface area (Å²) in [4.78, 5) is 16.9. The van der Waals surface area contributed by atoms with E-state index in [1.54, 1.807) is 36.5 Å². The highest BCUT2D eigenvalue weighted by Gasteiger charge is 2.28. The maximum Gasteiger partial charge on any atom is 0.263 e. The fraction of sp³-hybridized carbons (Fsp3) is 0.571. The lowest BCUT2D eigenvalue weighted by atomic mass is 9.90. The molecule has 2 aliphatic rings. The number of aromatic nitrogens is 2. The van der Waals surface area contributed by atoms with Gasteiger partial charge in [-0.3, -0.25) is 4.79 Å². The van der Waals surface area contributed by atoms with Crippen LogP contribution in [0.5, 0.6) is 5.75 Å². The third kappa shape index (κ3) is 5.01. The van der Waals surface area contributed by atoms with E-state index in [1.807, 2.05) is 4.90 Å². The zero-order valence-electron chi connectivity index (χ0n) is 17.0. The zero-order chi connectivity index (χ0) is 21.1. The average molecular weight is 469 g/mol. The number of piperazine rings is 1. The molecule has 162 valence electrons. The summed E-state index contributed by atoms with van der Waals surface area (Å²) in [5, 5.41) is 12.0. The van der Waals surface area contributed by atoms with Crippen LogP contribution in [-0.2, 0) is 4.79 Å². The topological polar surface area (TPSA) is 58.6 Å². The van der Waals surface area contributed by atoms with Gasteiger partial charge in [0.05, 0.1) is 5.02 Å². The fourth-order valence-corrected chi connectivity index (χ4v) is 5.57. The predicted molar refractivity (Wildman–Crippen MR) is 121 cm³/mol. The molecule has 0 bridgehead atoms. The monoisotopic (exact) mass is 468 g/mol. The van der Waals surface area contributed by atoms with E-state index >= 15 is 0 Å². The highest BCUT2D eigenvalue weighted by atomic mass is 35.5. The molecule has 9 heteroatoms. The van der Waals surface area contributed by atoms with Crippen LogP contribution in [0, 0.1) is 0 Å². The number of ether oxygens (including phenoxy) is 1. The molecular formula is C21H26Cl2N4O2S. The molecule has 1 unspecified atom stereocenters. The first-order chi connectivity index (χ1) is 14.5. The van der Waals surface area contributed by atoms with E-state index < -0.39 is 6.10 Å². The summed E-state index contributed by atoms with van der Waals surface area (Å²) in [6.45, 7) is 4.53. The maximum atomic E-state index is 12.8. The van der Waals surface area contributed by atoms with Crippen LogP contribution in [0.1, 0.15) is 50.0 Å². The zero-order valence-corrected chi connectivity index (χ0v) is 19.3. The van der Waals surface area contributed by atoms with Crippen LogP contribution in [0.15, 0.2) is 18.2 Å². The van der Waals surface area contributed by atoms with E-state index in [4.69, 9.17) is 27.9 Å². The minimum Gasteiger partial charge on any atom is -0.479 e. The van der Waals surface area contributed by atoms with Crippen molar-refractivity contribution in [1.29, 1.82) is 0 Å². The Kier molecular flexibility index (Phi) is 7.01. The van der Waals surface area contributed by atoms with Gasteiger partial charge in [0, 0.05) is 37.1 Å². The number of halogens is 2. The lowest BCUT2D eigenvalue weighted by Crippen LogP contribution is -2.52. The van der Waals surface area contributed by atoms with Crippen molar-refractivity contribution in [3.63, 3.8) is 0 Å². The Morgan fingerprint density at radius 2 is 1.87 bits per heavy atom. The Hall–Kier alpha value is -1.57. The third-order valence-corrected chi connectivity index (χ3v) is 7.47. The van der Waals surface area contributed by atoms with Crippen LogP contribution in [0.2, 0.25) is 10.0 Å². The van der Waals surface area contributed by atoms with Gasteiger partial charge in [-0.05, 0) is 38.0 Å². The Morgan fingerprint density at radius 1 is 1.13 bits per heavy atom. The number of amides is 1. The third-order valence-electron chi connectivity index (χ3n) is 5.79. The van der Waals surface area contributed by atoms with Crippen LogP contribution in [-0.4, -0.2) is 53.3 Å². The summed E-state index contributed by atoms with van der Waals surface area (Å²) in [5.74, 6) is 0.996. The Morgan fingerprint density at radius 3 is 2.57 bits per heavy atom. The fourth-order valence-electron chi connectivity index (χ4n) is 4.06. The van der Waals surface area contributed by atoms with E-state index in [-0.39, 0.29) is 5.91 Å². The molecule has 1 aliphatic heterocycles. The van der Waals surface area contributed by atoms with Crippen molar-refractivity contribution in [2.24, 2.45) is 0 Å². The van der Waals surface area contributed by atoms with Gasteiger partial charge in [-0.1, -0.05) is 53.8 Å². The van der Waals surface area contributed by atoms with Crippen LogP contribution < -0.4 is 9.64 Å². The average Bonchev–Trinajstić information content (AvgIpc) is 3.26. The Bertz CT molecular complexity index is 880. The van der Waals surface area contributed by atoms with Crippen molar-refractivity contribution in [2.75, 3.05) is 31.1 Å². The molecule has 30 heavy (non-hydrogen) atoms. The second-order valence-corrected chi connectivity index (χ2v) is 9.74. The minimum absolute atomic E-state index is 0.0409. The van der Waals surface area contributed by atoms with Gasteiger partial charge in [0.15, 0.2) is 6.10 Å². The quantitative estimate of drug-likeness (QED) is 0.616. The van der Waals surface area contributed by atoms with Crippen LogP contribution in [0.25, 0.3) is 0 Å². The number of hydrogen-bond acceptors (Lipinski definition) is 6. The first-order valence-electron chi connectivity index (χ1n) is 10.5. The van der Waals surface area contributed by atoms with Gasteiger partial charge in [-0.25, -0.2) is 0 Å². The maximum absolute atomic E-state index is 12.8. The second-order valence-electron chi connectivity index (χ2n) is 7.90. The van der Waals surface area contributed by atoms with E-state index in [0.29, 0.717) is 34.8 Å². The van der Waals surface area contributed by atoms with Gasteiger partial charge in [-0.15, -0.1) is 10.2 Å². The molecule has 2 fully saturated rings. The number of benzene rings is 1. The molecule has 1 aromatic carbocycles. The number of rotatable bonds is 5. The predicted octanol–water partition coefficient (Wildman–Crippen LogP) is 5.01. The molecule has 0 spiro atoms. The molecule has 1 amide bonds. The molecule has 0 N–H and O–H groups in total. The van der Waals surface area contributed by atoms with Gasteiger partial charge >= 0.3 is 0 Å². The van der Waals surface area contributed by atoms with Crippen LogP contribution in [0.3, 0.4) is 0 Å². The first kappa shape index (κ1) is 21.7. The second kappa shape index (κ2) is 9.71. The lowest BCUT2D eigenvalue weighted by Gasteiger charge is -2.35.